The third-order valence-corrected chi connectivity index (χ3v) is 10.2. The van der Waals surface area contributed by atoms with E-state index in [-0.39, 0.29) is 11.3 Å². The summed E-state index contributed by atoms with van der Waals surface area (Å²) in [4.78, 5) is 0. The molecule has 1 aliphatic carbocycles. The first-order valence-electron chi connectivity index (χ1n) is 14.9. The van der Waals surface area contributed by atoms with Gasteiger partial charge in [0, 0.05) is 33.5 Å². The molecule has 0 saturated heterocycles. The average Bonchev–Trinajstić information content (AvgIpc) is 2.99. The van der Waals surface area contributed by atoms with Gasteiger partial charge in [-0.05, 0) is 71.6 Å². The summed E-state index contributed by atoms with van der Waals surface area (Å²) in [5, 5.41) is 47.7. The molecular weight excluding hydrogens is 496 g/mol. The van der Waals surface area contributed by atoms with Crippen molar-refractivity contribution < 1.29 is 10.2 Å². The van der Waals surface area contributed by atoms with Crippen LogP contribution >= 0.6 is 0 Å². The molecule has 4 aromatic rings. The van der Waals surface area contributed by atoms with Crippen molar-refractivity contribution >= 4 is 44.3 Å². The van der Waals surface area contributed by atoms with Crippen LogP contribution in [0.25, 0.3) is 21.5 Å². The first-order valence-corrected chi connectivity index (χ1v) is 14.9. The Morgan fingerprint density at radius 3 is 1.32 bits per heavy atom. The maximum atomic E-state index is 14.2. The predicted molar refractivity (Wildman–Crippen MR) is 162 cm³/mol. The highest BCUT2D eigenvalue weighted by Gasteiger charge is 2.44. The maximum Gasteiger partial charge on any atom is 0.107 e. The van der Waals surface area contributed by atoms with Gasteiger partial charge in [0.1, 0.15) is 11.3 Å². The maximum absolute atomic E-state index is 14.2. The molecule has 0 unspecified atom stereocenters. The quantitative estimate of drug-likeness (QED) is 0.241. The monoisotopic (exact) mass is 534 g/mol. The van der Waals surface area contributed by atoms with Crippen LogP contribution in [0.1, 0.15) is 76.3 Å². The van der Waals surface area contributed by atoms with Gasteiger partial charge in [-0.25, -0.2) is 0 Å². The van der Waals surface area contributed by atoms with Crippen LogP contribution in [0.4, 0.5) is 22.7 Å². The molecule has 4 N–H and O–H groups in total. The third kappa shape index (κ3) is 3.42. The molecule has 0 spiro atoms. The standard InChI is InChI=1S/C34H38N4O2/c1-5-33(6-2)35-23-13-9-11-19-15-17-21(29(37-33)25(19)23)27-31(39)28(32(27)40)22-18-16-20-12-10-14-24-26(20)30(22)38-34(7-3,8-4)36-24/h9-18,27-28,31-32,35-38H,5-8H2,1-4H3/q-2. The van der Waals surface area contributed by atoms with Gasteiger partial charge >= 0.3 is 0 Å². The van der Waals surface area contributed by atoms with Gasteiger partial charge in [-0.1, -0.05) is 76.2 Å². The minimum absolute atomic E-state index is 0.309. The molecule has 40 heavy (non-hydrogen) atoms. The van der Waals surface area contributed by atoms with E-state index in [2.05, 4.69) is 97.5 Å². The number of hydrogen-bond acceptors (Lipinski definition) is 6. The number of hydrogen-bond donors (Lipinski definition) is 4. The summed E-state index contributed by atoms with van der Waals surface area (Å²) >= 11 is 0. The van der Waals surface area contributed by atoms with Crippen LogP contribution in [-0.2, 0) is 0 Å². The molecule has 0 radical (unpaired) electrons. The number of anilines is 4. The second-order valence-corrected chi connectivity index (χ2v) is 11.9. The smallest absolute Gasteiger partial charge is 0.107 e. The van der Waals surface area contributed by atoms with Crippen LogP contribution in [0.15, 0.2) is 60.7 Å². The van der Waals surface area contributed by atoms with Crippen LogP contribution in [0.5, 0.6) is 0 Å². The number of rotatable bonds is 6. The van der Waals surface area contributed by atoms with E-state index in [1.54, 1.807) is 0 Å². The molecule has 0 bridgehead atoms. The van der Waals surface area contributed by atoms with Gasteiger partial charge in [0.25, 0.3) is 0 Å². The molecule has 0 aromatic heterocycles. The van der Waals surface area contributed by atoms with E-state index in [1.165, 1.54) is 0 Å². The van der Waals surface area contributed by atoms with Crippen LogP contribution < -0.4 is 31.5 Å². The summed E-state index contributed by atoms with van der Waals surface area (Å²) in [7, 11) is 0. The molecule has 7 rings (SSSR count). The van der Waals surface area contributed by atoms with E-state index >= 15 is 0 Å². The average molecular weight is 535 g/mol. The Morgan fingerprint density at radius 1 is 0.550 bits per heavy atom. The Labute approximate surface area is 236 Å². The second-order valence-electron chi connectivity index (χ2n) is 11.9. The largest absolute Gasteiger partial charge is 0.851 e. The van der Waals surface area contributed by atoms with Crippen LogP contribution in [0.2, 0.25) is 0 Å². The van der Waals surface area contributed by atoms with Crippen LogP contribution in [0, 0.1) is 0 Å². The Bertz CT molecular complexity index is 1490. The lowest BCUT2D eigenvalue weighted by molar-refractivity contribution is -0.535. The number of nitrogens with one attached hydrogen (secondary N) is 4. The van der Waals surface area contributed by atoms with Gasteiger partial charge in [-0.15, -0.1) is 12.2 Å². The van der Waals surface area contributed by atoms with E-state index in [1.807, 2.05) is 12.1 Å². The molecule has 3 aliphatic rings. The van der Waals surface area contributed by atoms with Gasteiger partial charge in [-0.2, -0.15) is 0 Å². The van der Waals surface area contributed by atoms with E-state index in [4.69, 9.17) is 0 Å². The normalized spacial score (nSPS) is 25.4. The van der Waals surface area contributed by atoms with Crippen molar-refractivity contribution in [2.75, 3.05) is 21.3 Å². The van der Waals surface area contributed by atoms with Gasteiger partial charge < -0.3 is 31.5 Å². The first-order chi connectivity index (χ1) is 19.4. The summed E-state index contributed by atoms with van der Waals surface area (Å²) < 4.78 is 0. The van der Waals surface area contributed by atoms with Crippen molar-refractivity contribution in [1.82, 2.24) is 0 Å². The van der Waals surface area contributed by atoms with E-state index in [0.717, 1.165) is 81.1 Å². The summed E-state index contributed by atoms with van der Waals surface area (Å²) in [5.41, 5.74) is 5.17. The van der Waals surface area contributed by atoms with Gasteiger partial charge in [0.15, 0.2) is 0 Å². The van der Waals surface area contributed by atoms with Crippen molar-refractivity contribution in [3.8, 4) is 0 Å². The summed E-state index contributed by atoms with van der Waals surface area (Å²) in [6.07, 6.45) is 1.47. The fourth-order valence-electron chi connectivity index (χ4n) is 7.47. The minimum atomic E-state index is -1.02. The SMILES string of the molecule is CCC1(CC)Nc2cccc3ccc(C4C([O-])C(c5ccc6cccc7c6c5NC(CC)(CC)N7)C4[O-])c(c23)N1. The van der Waals surface area contributed by atoms with Gasteiger partial charge in [-0.3, -0.25) is 0 Å². The molecule has 6 nitrogen and oxygen atoms in total. The predicted octanol–water partition coefficient (Wildman–Crippen LogP) is 6.04. The van der Waals surface area contributed by atoms with Crippen molar-refractivity contribution in [2.24, 2.45) is 0 Å². The molecular formula is C34H38N4O2-2. The fraction of sp³-hybridized carbons (Fsp3) is 0.412. The summed E-state index contributed by atoms with van der Waals surface area (Å²) in [5.74, 6) is -1.20. The zero-order chi connectivity index (χ0) is 27.8. The number of benzene rings is 4. The lowest BCUT2D eigenvalue weighted by Crippen LogP contribution is -2.64. The molecule has 0 amide bonds. The van der Waals surface area contributed by atoms with Crippen molar-refractivity contribution in [1.29, 1.82) is 0 Å². The van der Waals surface area contributed by atoms with E-state index < -0.39 is 24.0 Å². The lowest BCUT2D eigenvalue weighted by Gasteiger charge is -2.62. The molecule has 208 valence electrons. The summed E-state index contributed by atoms with van der Waals surface area (Å²) in [6, 6.07) is 20.7. The Morgan fingerprint density at radius 2 is 0.950 bits per heavy atom. The fourth-order valence-corrected chi connectivity index (χ4v) is 7.47. The van der Waals surface area contributed by atoms with Gasteiger partial charge in [0.2, 0.25) is 0 Å². The van der Waals surface area contributed by atoms with E-state index in [9.17, 15) is 10.2 Å². The van der Waals surface area contributed by atoms with Crippen molar-refractivity contribution in [3.63, 3.8) is 0 Å². The second kappa shape index (κ2) is 9.02. The topological polar surface area (TPSA) is 94.2 Å². The van der Waals surface area contributed by atoms with E-state index in [0.29, 0.717) is 0 Å². The Kier molecular flexibility index (Phi) is 5.74. The third-order valence-electron chi connectivity index (χ3n) is 10.2. The molecule has 0 atom stereocenters. The molecule has 2 aliphatic heterocycles. The first kappa shape index (κ1) is 25.5. The highest BCUT2D eigenvalue weighted by atomic mass is 16.3. The zero-order valence-electron chi connectivity index (χ0n) is 23.7. The summed E-state index contributed by atoms with van der Waals surface area (Å²) in [6.45, 7) is 8.66. The van der Waals surface area contributed by atoms with Crippen molar-refractivity contribution in [2.45, 2.75) is 88.7 Å². The highest BCUT2D eigenvalue weighted by Crippen LogP contribution is 2.54. The van der Waals surface area contributed by atoms with Crippen molar-refractivity contribution in [3.05, 3.63) is 71.8 Å². The minimum Gasteiger partial charge on any atom is -0.851 e. The Hall–Kier alpha value is -3.48. The van der Waals surface area contributed by atoms with Gasteiger partial charge in [0.05, 0.1) is 0 Å². The highest BCUT2D eigenvalue weighted by molar-refractivity contribution is 6.08. The molecule has 2 heterocycles. The molecule has 1 saturated carbocycles. The molecule has 4 aromatic carbocycles. The Balaban J connectivity index is 1.32. The zero-order valence-corrected chi connectivity index (χ0v) is 23.7. The van der Waals surface area contributed by atoms with Crippen LogP contribution in [0.3, 0.4) is 0 Å². The molecule has 6 heteroatoms. The molecule has 1 fully saturated rings. The lowest BCUT2D eigenvalue weighted by atomic mass is 9.62. The van der Waals surface area contributed by atoms with Crippen LogP contribution in [-0.4, -0.2) is 23.5 Å².